The fourth-order valence-electron chi connectivity index (χ4n) is 3.04. The molecular weight excluding hydrogens is 336 g/mol. The van der Waals surface area contributed by atoms with Crippen molar-refractivity contribution >= 4 is 26.8 Å². The third-order valence-electron chi connectivity index (χ3n) is 4.20. The van der Waals surface area contributed by atoms with Crippen molar-refractivity contribution in [2.24, 2.45) is 5.10 Å². The summed E-state index contributed by atoms with van der Waals surface area (Å²) in [7, 11) is -3.48. The van der Waals surface area contributed by atoms with E-state index in [1.807, 2.05) is 48.5 Å². The summed E-state index contributed by atoms with van der Waals surface area (Å²) in [5, 5.41) is 4.39. The minimum absolute atomic E-state index is 0.378. The number of hydrogen-bond donors (Lipinski definition) is 0. The molecule has 1 aromatic heterocycles. The molecule has 0 saturated heterocycles. The van der Waals surface area contributed by atoms with E-state index in [0.29, 0.717) is 6.42 Å². The van der Waals surface area contributed by atoms with E-state index >= 15 is 0 Å². The van der Waals surface area contributed by atoms with Crippen molar-refractivity contribution in [3.8, 4) is 0 Å². The van der Waals surface area contributed by atoms with E-state index < -0.39 is 10.0 Å². The fraction of sp³-hybridized carbons (Fsp3) is 0.167. The van der Waals surface area contributed by atoms with Crippen LogP contribution < -0.4 is 0 Å². The van der Waals surface area contributed by atoms with Gasteiger partial charge < -0.3 is 0 Å². The van der Waals surface area contributed by atoms with E-state index in [1.54, 1.807) is 12.4 Å². The standard InChI is InChI=1S/C18H16N4O2S/c1-25(23,24)22-18(12-16(21-22)13-5-3-2-4-6-13)14-7-8-15-17(11-14)20-10-9-19-15/h2-11,18H,12H2,1H3/t18-/m1/s1. The zero-order valence-electron chi connectivity index (χ0n) is 13.6. The Morgan fingerprint density at radius 3 is 2.44 bits per heavy atom. The molecule has 0 radical (unpaired) electrons. The first-order valence-corrected chi connectivity index (χ1v) is 9.70. The average Bonchev–Trinajstić information content (AvgIpc) is 3.08. The van der Waals surface area contributed by atoms with Crippen LogP contribution in [0, 0.1) is 0 Å². The molecule has 1 atom stereocenters. The third kappa shape index (κ3) is 2.98. The van der Waals surface area contributed by atoms with Crippen molar-refractivity contribution in [1.82, 2.24) is 14.4 Å². The van der Waals surface area contributed by atoms with Gasteiger partial charge >= 0.3 is 0 Å². The number of rotatable bonds is 3. The van der Waals surface area contributed by atoms with Crippen LogP contribution in [0.15, 0.2) is 66.0 Å². The number of hydrogen-bond acceptors (Lipinski definition) is 5. The second kappa shape index (κ2) is 5.93. The van der Waals surface area contributed by atoms with Crippen LogP contribution in [-0.2, 0) is 10.0 Å². The van der Waals surface area contributed by atoms with Crippen LogP contribution >= 0.6 is 0 Å². The molecule has 0 spiro atoms. The van der Waals surface area contributed by atoms with E-state index in [9.17, 15) is 8.42 Å². The molecule has 6 nitrogen and oxygen atoms in total. The molecule has 0 unspecified atom stereocenters. The summed E-state index contributed by atoms with van der Waals surface area (Å²) in [6.07, 6.45) is 4.96. The van der Waals surface area contributed by atoms with Gasteiger partial charge in [-0.1, -0.05) is 36.4 Å². The lowest BCUT2D eigenvalue weighted by molar-refractivity contribution is 0.375. The van der Waals surface area contributed by atoms with Crippen molar-refractivity contribution in [2.45, 2.75) is 12.5 Å². The van der Waals surface area contributed by atoms with Gasteiger partial charge in [-0.2, -0.15) is 9.52 Å². The highest BCUT2D eigenvalue weighted by molar-refractivity contribution is 7.88. The number of nitrogens with zero attached hydrogens (tertiary/aromatic N) is 4. The van der Waals surface area contributed by atoms with Crippen molar-refractivity contribution in [3.05, 3.63) is 72.1 Å². The van der Waals surface area contributed by atoms with Gasteiger partial charge in [-0.05, 0) is 23.3 Å². The van der Waals surface area contributed by atoms with E-state index in [-0.39, 0.29) is 6.04 Å². The van der Waals surface area contributed by atoms with E-state index in [0.717, 1.165) is 27.9 Å². The molecule has 0 bridgehead atoms. The molecule has 25 heavy (non-hydrogen) atoms. The van der Waals surface area contributed by atoms with Gasteiger partial charge in [0.2, 0.25) is 10.0 Å². The topological polar surface area (TPSA) is 75.5 Å². The maximum atomic E-state index is 12.2. The first-order valence-electron chi connectivity index (χ1n) is 7.85. The number of benzene rings is 2. The molecule has 2 heterocycles. The minimum Gasteiger partial charge on any atom is -0.253 e. The lowest BCUT2D eigenvalue weighted by atomic mass is 9.99. The predicted octanol–water partition coefficient (Wildman–Crippen LogP) is 2.74. The molecule has 0 N–H and O–H groups in total. The zero-order chi connectivity index (χ0) is 17.4. The molecule has 1 aliphatic rings. The van der Waals surface area contributed by atoms with Gasteiger partial charge in [0, 0.05) is 18.8 Å². The first-order chi connectivity index (χ1) is 12.0. The summed E-state index contributed by atoms with van der Waals surface area (Å²) >= 11 is 0. The molecular formula is C18H16N4O2S. The number of aromatic nitrogens is 2. The molecule has 0 saturated carbocycles. The van der Waals surface area contributed by atoms with Crippen molar-refractivity contribution in [3.63, 3.8) is 0 Å². The molecule has 7 heteroatoms. The molecule has 3 aromatic rings. The van der Waals surface area contributed by atoms with Crippen LogP contribution in [0.5, 0.6) is 0 Å². The Morgan fingerprint density at radius 1 is 1.00 bits per heavy atom. The van der Waals surface area contributed by atoms with Gasteiger partial charge in [-0.25, -0.2) is 8.42 Å². The summed E-state index contributed by atoms with van der Waals surface area (Å²) in [5.74, 6) is 0. The Kier molecular flexibility index (Phi) is 3.73. The van der Waals surface area contributed by atoms with Gasteiger partial charge in [0.1, 0.15) is 0 Å². The van der Waals surface area contributed by atoms with Crippen LogP contribution in [0.4, 0.5) is 0 Å². The van der Waals surface area contributed by atoms with Crippen molar-refractivity contribution in [1.29, 1.82) is 0 Å². The number of fused-ring (bicyclic) bond motifs is 1. The number of hydrazone groups is 1. The van der Waals surface area contributed by atoms with Crippen molar-refractivity contribution < 1.29 is 8.42 Å². The largest absolute Gasteiger partial charge is 0.253 e. The maximum absolute atomic E-state index is 12.2. The SMILES string of the molecule is CS(=O)(=O)N1N=C(c2ccccc2)C[C@@H]1c1ccc2nccnc2c1. The molecule has 0 fully saturated rings. The first kappa shape index (κ1) is 15.7. The van der Waals surface area contributed by atoms with Gasteiger partial charge in [-0.3, -0.25) is 9.97 Å². The van der Waals surface area contributed by atoms with Gasteiger partial charge in [0.15, 0.2) is 0 Å². The molecule has 0 amide bonds. The lowest BCUT2D eigenvalue weighted by Crippen LogP contribution is -2.25. The number of sulfonamides is 1. The van der Waals surface area contributed by atoms with E-state index in [1.165, 1.54) is 10.7 Å². The van der Waals surface area contributed by atoms with Crippen LogP contribution in [0.2, 0.25) is 0 Å². The van der Waals surface area contributed by atoms with Crippen molar-refractivity contribution in [2.75, 3.05) is 6.26 Å². The minimum atomic E-state index is -3.48. The monoisotopic (exact) mass is 352 g/mol. The summed E-state index contributed by atoms with van der Waals surface area (Å²) in [4.78, 5) is 8.57. The summed E-state index contributed by atoms with van der Waals surface area (Å²) < 4.78 is 25.7. The lowest BCUT2D eigenvalue weighted by Gasteiger charge is -2.21. The molecule has 2 aromatic carbocycles. The smallest absolute Gasteiger partial charge is 0.247 e. The van der Waals surface area contributed by atoms with E-state index in [2.05, 4.69) is 15.1 Å². The zero-order valence-corrected chi connectivity index (χ0v) is 14.4. The molecule has 0 aliphatic carbocycles. The highest BCUT2D eigenvalue weighted by atomic mass is 32.2. The van der Waals surface area contributed by atoms with Crippen LogP contribution in [0.3, 0.4) is 0 Å². The predicted molar refractivity (Wildman–Crippen MR) is 96.6 cm³/mol. The van der Waals surface area contributed by atoms with Crippen LogP contribution in [0.1, 0.15) is 23.6 Å². The highest BCUT2D eigenvalue weighted by Gasteiger charge is 2.34. The quantitative estimate of drug-likeness (QED) is 0.726. The average molecular weight is 352 g/mol. The van der Waals surface area contributed by atoms with Crippen LogP contribution in [0.25, 0.3) is 11.0 Å². The van der Waals surface area contributed by atoms with Gasteiger partial charge in [0.05, 0.1) is 29.0 Å². The Morgan fingerprint density at radius 2 is 1.72 bits per heavy atom. The summed E-state index contributed by atoms with van der Waals surface area (Å²) in [6.45, 7) is 0. The maximum Gasteiger partial charge on any atom is 0.247 e. The second-order valence-electron chi connectivity index (χ2n) is 5.97. The van der Waals surface area contributed by atoms with Gasteiger partial charge in [-0.15, -0.1) is 0 Å². The Bertz CT molecular complexity index is 1060. The van der Waals surface area contributed by atoms with Crippen LogP contribution in [-0.4, -0.2) is 34.8 Å². The Hall–Kier alpha value is -2.80. The van der Waals surface area contributed by atoms with Gasteiger partial charge in [0.25, 0.3) is 0 Å². The Labute approximate surface area is 145 Å². The van der Waals surface area contributed by atoms with E-state index in [4.69, 9.17) is 0 Å². The highest BCUT2D eigenvalue weighted by Crippen LogP contribution is 2.35. The second-order valence-corrected chi connectivity index (χ2v) is 7.81. The Balaban J connectivity index is 1.77. The fourth-order valence-corrected chi connectivity index (χ4v) is 3.94. The molecule has 4 rings (SSSR count). The summed E-state index contributed by atoms with van der Waals surface area (Å²) in [5.41, 5.74) is 4.06. The molecule has 126 valence electrons. The third-order valence-corrected chi connectivity index (χ3v) is 5.21. The normalized spacial score (nSPS) is 17.7. The molecule has 1 aliphatic heterocycles. The summed E-state index contributed by atoms with van der Waals surface area (Å²) in [6, 6.07) is 14.9.